The van der Waals surface area contributed by atoms with Crippen molar-refractivity contribution in [3.05, 3.63) is 76.1 Å². The molecule has 0 aliphatic carbocycles. The van der Waals surface area contributed by atoms with Gasteiger partial charge in [0.1, 0.15) is 15.9 Å². The van der Waals surface area contributed by atoms with Crippen LogP contribution in [0.2, 0.25) is 0 Å². The zero-order valence-electron chi connectivity index (χ0n) is 14.0. The second kappa shape index (κ2) is 9.45. The number of amides is 1. The topological polar surface area (TPSA) is 54.9 Å². The number of nitrogens with zero attached hydrogens (tertiary/aromatic N) is 2. The Bertz CT molecular complexity index is 838. The number of hydrogen-bond acceptors (Lipinski definition) is 5. The predicted octanol–water partition coefficient (Wildman–Crippen LogP) is 4.33. The Kier molecular flexibility index (Phi) is 6.74. The number of benzene rings is 1. The van der Waals surface area contributed by atoms with Crippen molar-refractivity contribution in [3.63, 3.8) is 0 Å². The maximum Gasteiger partial charge on any atom is 0.254 e. The van der Waals surface area contributed by atoms with Crippen molar-refractivity contribution in [1.29, 1.82) is 0 Å². The molecule has 0 spiro atoms. The largest absolute Gasteiger partial charge is 0.345 e. The maximum atomic E-state index is 12.9. The lowest BCUT2D eigenvalue weighted by molar-refractivity contribution is 0.0947. The van der Waals surface area contributed by atoms with E-state index in [1.807, 2.05) is 5.38 Å². The van der Waals surface area contributed by atoms with E-state index in [1.165, 1.54) is 23.5 Å². The summed E-state index contributed by atoms with van der Waals surface area (Å²) in [5.41, 5.74) is 1.69. The highest BCUT2D eigenvalue weighted by molar-refractivity contribution is 7.99. The Morgan fingerprint density at radius 1 is 1.15 bits per heavy atom. The molecule has 2 heterocycles. The first-order chi connectivity index (χ1) is 12.7. The third-order valence-corrected chi connectivity index (χ3v) is 5.53. The third kappa shape index (κ3) is 5.37. The summed E-state index contributed by atoms with van der Waals surface area (Å²) in [6.45, 7) is 0.417. The quantitative estimate of drug-likeness (QED) is 0.462. The third-order valence-electron chi connectivity index (χ3n) is 3.66. The van der Waals surface area contributed by atoms with E-state index in [0.29, 0.717) is 12.1 Å². The zero-order chi connectivity index (χ0) is 18.2. The molecule has 4 nitrogen and oxygen atoms in total. The second-order valence-electron chi connectivity index (χ2n) is 5.54. The summed E-state index contributed by atoms with van der Waals surface area (Å²) in [5, 5.41) is 6.36. The van der Waals surface area contributed by atoms with Gasteiger partial charge in [-0.15, -0.1) is 23.1 Å². The molecule has 0 aliphatic heterocycles. The van der Waals surface area contributed by atoms with Crippen LogP contribution < -0.4 is 5.32 Å². The predicted molar refractivity (Wildman–Crippen MR) is 103 cm³/mol. The molecule has 1 amide bonds. The lowest BCUT2D eigenvalue weighted by atomic mass is 10.1. The molecule has 0 unspecified atom stereocenters. The summed E-state index contributed by atoms with van der Waals surface area (Å²) >= 11 is 3.07. The Labute approximate surface area is 159 Å². The molecule has 1 aromatic carbocycles. The van der Waals surface area contributed by atoms with Gasteiger partial charge in [0.15, 0.2) is 0 Å². The Morgan fingerprint density at radius 3 is 2.77 bits per heavy atom. The number of carbonyl (C=O) groups excluding carboxylic acids is 1. The average Bonchev–Trinajstić information content (AvgIpc) is 3.19. The molecule has 3 aromatic rings. The molecule has 1 N–H and O–H groups in total. The monoisotopic (exact) mass is 387 g/mol. The Morgan fingerprint density at radius 2 is 2.00 bits per heavy atom. The van der Waals surface area contributed by atoms with Crippen LogP contribution >= 0.6 is 23.1 Å². The van der Waals surface area contributed by atoms with Crippen LogP contribution in [0.25, 0.3) is 0 Å². The molecule has 7 heteroatoms. The van der Waals surface area contributed by atoms with Gasteiger partial charge in [0, 0.05) is 17.8 Å². The highest BCUT2D eigenvalue weighted by Crippen LogP contribution is 2.21. The lowest BCUT2D eigenvalue weighted by Gasteiger charge is -2.08. The minimum atomic E-state index is -0.218. The number of aryl methyl sites for hydroxylation is 1. The molecular weight excluding hydrogens is 369 g/mol. The van der Waals surface area contributed by atoms with Crippen molar-refractivity contribution in [3.8, 4) is 0 Å². The van der Waals surface area contributed by atoms with Crippen LogP contribution in [0, 0.1) is 5.82 Å². The fourth-order valence-electron chi connectivity index (χ4n) is 2.37. The van der Waals surface area contributed by atoms with Crippen molar-refractivity contribution < 1.29 is 9.18 Å². The van der Waals surface area contributed by atoms with Crippen LogP contribution in [0.1, 0.15) is 27.3 Å². The van der Waals surface area contributed by atoms with E-state index in [0.717, 1.165) is 34.2 Å². The highest BCUT2D eigenvalue weighted by atomic mass is 32.2. The van der Waals surface area contributed by atoms with Gasteiger partial charge in [-0.1, -0.05) is 12.1 Å². The van der Waals surface area contributed by atoms with Crippen LogP contribution in [-0.4, -0.2) is 21.6 Å². The van der Waals surface area contributed by atoms with Gasteiger partial charge < -0.3 is 5.32 Å². The fourth-order valence-corrected chi connectivity index (χ4v) is 3.86. The molecule has 0 saturated carbocycles. The van der Waals surface area contributed by atoms with Crippen molar-refractivity contribution in [1.82, 2.24) is 15.3 Å². The first kappa shape index (κ1) is 18.5. The highest BCUT2D eigenvalue weighted by Gasteiger charge is 2.12. The molecule has 0 saturated heterocycles. The SMILES string of the molecule is O=C(NCc1nccs1)c1cccnc1SCCCc1ccc(F)cc1. The van der Waals surface area contributed by atoms with Crippen molar-refractivity contribution in [2.75, 3.05) is 5.75 Å². The Balaban J connectivity index is 1.51. The Hall–Kier alpha value is -2.25. The van der Waals surface area contributed by atoms with Gasteiger partial charge >= 0.3 is 0 Å². The summed E-state index contributed by atoms with van der Waals surface area (Å²) in [7, 11) is 0. The van der Waals surface area contributed by atoms with Gasteiger partial charge in [-0.2, -0.15) is 0 Å². The van der Waals surface area contributed by atoms with Gasteiger partial charge in [-0.3, -0.25) is 4.79 Å². The van der Waals surface area contributed by atoms with E-state index >= 15 is 0 Å². The summed E-state index contributed by atoms with van der Waals surface area (Å²) in [6, 6.07) is 10.1. The number of nitrogens with one attached hydrogen (secondary N) is 1. The number of hydrogen-bond donors (Lipinski definition) is 1. The first-order valence-corrected chi connectivity index (χ1v) is 10.1. The van der Waals surface area contributed by atoms with Crippen LogP contribution in [-0.2, 0) is 13.0 Å². The number of rotatable bonds is 8. The van der Waals surface area contributed by atoms with Crippen LogP contribution in [0.15, 0.2) is 59.2 Å². The minimum absolute atomic E-state index is 0.144. The molecule has 26 heavy (non-hydrogen) atoms. The number of pyridine rings is 1. The molecule has 0 radical (unpaired) electrons. The summed E-state index contributed by atoms with van der Waals surface area (Å²) in [5.74, 6) is 0.473. The van der Waals surface area contributed by atoms with Crippen molar-refractivity contribution in [2.45, 2.75) is 24.4 Å². The van der Waals surface area contributed by atoms with Crippen LogP contribution in [0.4, 0.5) is 4.39 Å². The van der Waals surface area contributed by atoms with E-state index in [1.54, 1.807) is 48.4 Å². The van der Waals surface area contributed by atoms with E-state index in [2.05, 4.69) is 15.3 Å². The molecular formula is C19H18FN3OS2. The fraction of sp³-hybridized carbons (Fsp3) is 0.211. The van der Waals surface area contributed by atoms with Gasteiger partial charge in [0.05, 0.1) is 12.1 Å². The molecule has 0 aliphatic rings. The maximum absolute atomic E-state index is 12.9. The second-order valence-corrected chi connectivity index (χ2v) is 7.61. The lowest BCUT2D eigenvalue weighted by Crippen LogP contribution is -2.23. The summed E-state index contributed by atoms with van der Waals surface area (Å²) < 4.78 is 12.9. The number of carbonyl (C=O) groups is 1. The van der Waals surface area contributed by atoms with E-state index in [9.17, 15) is 9.18 Å². The standard InChI is InChI=1S/C19H18FN3OS2/c20-15-7-5-14(6-8-15)3-2-11-26-19-16(4-1-9-22-19)18(24)23-13-17-21-10-12-25-17/h1,4-10,12H,2-3,11,13H2,(H,23,24). The number of halogens is 1. The first-order valence-electron chi connectivity index (χ1n) is 8.21. The van der Waals surface area contributed by atoms with Crippen LogP contribution in [0.3, 0.4) is 0 Å². The number of thioether (sulfide) groups is 1. The van der Waals surface area contributed by atoms with Gasteiger partial charge in [-0.05, 0) is 48.4 Å². The molecule has 2 aromatic heterocycles. The van der Waals surface area contributed by atoms with E-state index in [4.69, 9.17) is 0 Å². The van der Waals surface area contributed by atoms with Crippen LogP contribution in [0.5, 0.6) is 0 Å². The minimum Gasteiger partial charge on any atom is -0.345 e. The molecule has 0 atom stereocenters. The number of thiazole rings is 1. The zero-order valence-corrected chi connectivity index (χ0v) is 15.7. The summed E-state index contributed by atoms with van der Waals surface area (Å²) in [6.07, 6.45) is 5.21. The molecule has 0 fully saturated rings. The van der Waals surface area contributed by atoms with Gasteiger partial charge in [-0.25, -0.2) is 14.4 Å². The van der Waals surface area contributed by atoms with Crippen molar-refractivity contribution in [2.24, 2.45) is 0 Å². The van der Waals surface area contributed by atoms with Gasteiger partial charge in [0.25, 0.3) is 5.91 Å². The van der Waals surface area contributed by atoms with E-state index < -0.39 is 0 Å². The molecule has 134 valence electrons. The number of aromatic nitrogens is 2. The average molecular weight is 388 g/mol. The molecule has 3 rings (SSSR count). The van der Waals surface area contributed by atoms with Gasteiger partial charge in [0.2, 0.25) is 0 Å². The van der Waals surface area contributed by atoms with Crippen molar-refractivity contribution >= 4 is 29.0 Å². The van der Waals surface area contributed by atoms with E-state index in [-0.39, 0.29) is 11.7 Å². The normalized spacial score (nSPS) is 10.7. The molecule has 0 bridgehead atoms. The summed E-state index contributed by atoms with van der Waals surface area (Å²) in [4.78, 5) is 20.9. The smallest absolute Gasteiger partial charge is 0.254 e.